The van der Waals surface area contributed by atoms with Crippen LogP contribution in [0.1, 0.15) is 35.3 Å². The standard InChI is InChI=1S/C33H33F5N4O6/c1-15-29(44)20(14-19-23(34)25(36)27(38)26(37)24(19)35)40-32(47)28(41-30(45)18-11-7-8-12-22(18)43)16(2)39-31(46)21(42(3)33(15)48)13-17-9-5-4-6-10-17/h4-12,15-16,20-21,28-29,43-44H,13-14H2,1-3H3,(H,39,46)(H,40,47)(H,41,45)/t15-,16-,20+,21?,28+,29+/m1/s1. The number of aromatic hydroxyl groups is 1. The molecule has 15 heteroatoms. The number of amides is 4. The van der Waals surface area contributed by atoms with Gasteiger partial charge >= 0.3 is 0 Å². The highest BCUT2D eigenvalue weighted by atomic mass is 19.2. The number of nitrogens with zero attached hydrogens (tertiary/aromatic N) is 1. The lowest BCUT2D eigenvalue weighted by atomic mass is 9.90. The number of aliphatic hydroxyl groups is 1. The quantitative estimate of drug-likeness (QED) is 0.154. The summed E-state index contributed by atoms with van der Waals surface area (Å²) in [4.78, 5) is 55.3. The average Bonchev–Trinajstić information content (AvgIpc) is 3.07. The van der Waals surface area contributed by atoms with Crippen molar-refractivity contribution in [2.45, 2.75) is 57.0 Å². The third kappa shape index (κ3) is 7.40. The highest BCUT2D eigenvalue weighted by Crippen LogP contribution is 2.26. The van der Waals surface area contributed by atoms with E-state index in [9.17, 15) is 51.3 Å². The Morgan fingerprint density at radius 2 is 1.38 bits per heavy atom. The van der Waals surface area contributed by atoms with Crippen molar-refractivity contribution >= 4 is 23.6 Å². The molecule has 3 aromatic rings. The van der Waals surface area contributed by atoms with Crippen LogP contribution in [0.3, 0.4) is 0 Å². The molecule has 1 heterocycles. The molecule has 5 N–H and O–H groups in total. The summed E-state index contributed by atoms with van der Waals surface area (Å²) in [6.45, 7) is 2.53. The molecule has 6 atom stereocenters. The average molecular weight is 677 g/mol. The van der Waals surface area contributed by atoms with Gasteiger partial charge in [0.2, 0.25) is 23.5 Å². The molecule has 0 aromatic heterocycles. The monoisotopic (exact) mass is 676 g/mol. The lowest BCUT2D eigenvalue weighted by Crippen LogP contribution is -2.64. The van der Waals surface area contributed by atoms with Crippen molar-refractivity contribution in [3.63, 3.8) is 0 Å². The molecule has 10 nitrogen and oxygen atoms in total. The summed E-state index contributed by atoms with van der Waals surface area (Å²) in [5.74, 6) is -17.0. The van der Waals surface area contributed by atoms with Crippen LogP contribution in [0.25, 0.3) is 0 Å². The zero-order chi connectivity index (χ0) is 35.4. The van der Waals surface area contributed by atoms with E-state index >= 15 is 0 Å². The Labute approximate surface area is 271 Å². The third-order valence-electron chi connectivity index (χ3n) is 8.34. The van der Waals surface area contributed by atoms with E-state index in [2.05, 4.69) is 16.0 Å². The van der Waals surface area contributed by atoms with Gasteiger partial charge in [-0.1, -0.05) is 49.4 Å². The number of carbonyl (C=O) groups is 4. The third-order valence-corrected chi connectivity index (χ3v) is 8.34. The number of hydrogen-bond donors (Lipinski definition) is 5. The summed E-state index contributed by atoms with van der Waals surface area (Å²) in [6.07, 6.45) is -3.21. The predicted molar refractivity (Wildman–Crippen MR) is 161 cm³/mol. The number of halogens is 5. The summed E-state index contributed by atoms with van der Waals surface area (Å²) in [5.41, 5.74) is -0.987. The molecule has 4 amide bonds. The first kappa shape index (κ1) is 35.8. The smallest absolute Gasteiger partial charge is 0.255 e. The molecule has 0 saturated carbocycles. The summed E-state index contributed by atoms with van der Waals surface area (Å²) >= 11 is 0. The Hall–Kier alpha value is -5.05. The molecule has 1 unspecified atom stereocenters. The molecule has 1 saturated heterocycles. The fourth-order valence-electron chi connectivity index (χ4n) is 5.50. The number of phenolic OH excluding ortho intramolecular Hbond substituents is 1. The number of benzene rings is 3. The van der Waals surface area contributed by atoms with Crippen LogP contribution < -0.4 is 16.0 Å². The number of para-hydroxylation sites is 1. The van der Waals surface area contributed by atoms with Crippen LogP contribution in [0.5, 0.6) is 5.75 Å². The number of rotatable bonds is 6. The van der Waals surface area contributed by atoms with E-state index in [0.29, 0.717) is 5.56 Å². The summed E-state index contributed by atoms with van der Waals surface area (Å²) in [6, 6.07) is 7.82. The molecule has 1 fully saturated rings. The van der Waals surface area contributed by atoms with Gasteiger partial charge in [-0.2, -0.15) is 0 Å². The Kier molecular flexibility index (Phi) is 11.0. The Morgan fingerprint density at radius 3 is 1.98 bits per heavy atom. The van der Waals surface area contributed by atoms with E-state index in [1.165, 1.54) is 45.2 Å². The Bertz CT molecular complexity index is 1680. The van der Waals surface area contributed by atoms with E-state index in [0.717, 1.165) is 4.90 Å². The maximum atomic E-state index is 14.8. The van der Waals surface area contributed by atoms with Gasteiger partial charge in [0, 0.05) is 25.5 Å². The van der Waals surface area contributed by atoms with E-state index in [-0.39, 0.29) is 12.0 Å². The fourth-order valence-corrected chi connectivity index (χ4v) is 5.50. The molecule has 4 rings (SSSR count). The largest absolute Gasteiger partial charge is 0.507 e. The Morgan fingerprint density at radius 1 is 0.812 bits per heavy atom. The number of hydrogen-bond acceptors (Lipinski definition) is 6. The molecular formula is C33H33F5N4O6. The van der Waals surface area contributed by atoms with Crippen molar-refractivity contribution in [1.29, 1.82) is 0 Å². The zero-order valence-corrected chi connectivity index (χ0v) is 25.9. The summed E-state index contributed by atoms with van der Waals surface area (Å²) in [5, 5.41) is 28.8. The molecule has 256 valence electrons. The maximum Gasteiger partial charge on any atom is 0.255 e. The van der Waals surface area contributed by atoms with Gasteiger partial charge in [-0.05, 0) is 24.6 Å². The van der Waals surface area contributed by atoms with Crippen LogP contribution in [0.4, 0.5) is 22.0 Å². The molecule has 0 spiro atoms. The molecule has 0 aliphatic carbocycles. The second-order valence-corrected chi connectivity index (χ2v) is 11.6. The van der Waals surface area contributed by atoms with Gasteiger partial charge < -0.3 is 31.1 Å². The highest BCUT2D eigenvalue weighted by Gasteiger charge is 2.41. The molecule has 1 aliphatic rings. The van der Waals surface area contributed by atoms with Crippen molar-refractivity contribution in [3.8, 4) is 5.75 Å². The molecule has 3 aromatic carbocycles. The second-order valence-electron chi connectivity index (χ2n) is 11.6. The van der Waals surface area contributed by atoms with Crippen molar-refractivity contribution < 1.29 is 51.3 Å². The number of nitrogens with one attached hydrogen (secondary N) is 3. The fraction of sp³-hybridized carbons (Fsp3) is 0.333. The van der Waals surface area contributed by atoms with Crippen LogP contribution in [-0.4, -0.2) is 76.1 Å². The first-order valence-electron chi connectivity index (χ1n) is 14.8. The SMILES string of the molecule is C[C@H]1NC(=O)C(Cc2ccccc2)N(C)C(=O)[C@H](C)[C@H](O)[C@H](Cc2c(F)c(F)c(F)c(F)c2F)NC(=O)[C@H]1NC(=O)c1ccccc1O. The van der Waals surface area contributed by atoms with E-state index in [4.69, 9.17) is 0 Å². The van der Waals surface area contributed by atoms with Crippen molar-refractivity contribution in [2.24, 2.45) is 5.92 Å². The van der Waals surface area contributed by atoms with Crippen LogP contribution in [0.15, 0.2) is 54.6 Å². The van der Waals surface area contributed by atoms with Crippen LogP contribution in [0, 0.1) is 35.0 Å². The second kappa shape index (κ2) is 14.8. The van der Waals surface area contributed by atoms with Gasteiger partial charge in [0.1, 0.15) is 17.8 Å². The maximum absolute atomic E-state index is 14.8. The lowest BCUT2D eigenvalue weighted by Gasteiger charge is -2.37. The van der Waals surface area contributed by atoms with E-state index in [1.54, 1.807) is 30.3 Å². The minimum absolute atomic E-state index is 0.0282. The number of carbonyl (C=O) groups excluding carboxylic acids is 4. The van der Waals surface area contributed by atoms with Gasteiger partial charge in [-0.3, -0.25) is 19.2 Å². The topological polar surface area (TPSA) is 148 Å². The van der Waals surface area contributed by atoms with Crippen molar-refractivity contribution in [3.05, 3.63) is 100 Å². The van der Waals surface area contributed by atoms with E-state index in [1.807, 2.05) is 0 Å². The Balaban J connectivity index is 1.80. The number of phenols is 1. The first-order valence-corrected chi connectivity index (χ1v) is 14.8. The normalized spacial score (nSPS) is 23.9. The number of aliphatic hydroxyl groups excluding tert-OH is 1. The van der Waals surface area contributed by atoms with Gasteiger partial charge in [-0.15, -0.1) is 0 Å². The minimum atomic E-state index is -2.41. The minimum Gasteiger partial charge on any atom is -0.507 e. The summed E-state index contributed by atoms with van der Waals surface area (Å²) in [7, 11) is 1.28. The predicted octanol–water partition coefficient (Wildman–Crippen LogP) is 2.50. The summed E-state index contributed by atoms with van der Waals surface area (Å²) < 4.78 is 71.6. The number of likely N-dealkylation sites (N-methyl/N-ethyl adjacent to an activating group) is 1. The first-order chi connectivity index (χ1) is 22.6. The molecule has 0 bridgehead atoms. The van der Waals surface area contributed by atoms with Gasteiger partial charge in [0.15, 0.2) is 23.3 Å². The van der Waals surface area contributed by atoms with E-state index < -0.39 is 107 Å². The van der Waals surface area contributed by atoms with Crippen molar-refractivity contribution in [1.82, 2.24) is 20.9 Å². The van der Waals surface area contributed by atoms with Gasteiger partial charge in [0.25, 0.3) is 5.91 Å². The van der Waals surface area contributed by atoms with Crippen LogP contribution in [-0.2, 0) is 27.2 Å². The molecular weight excluding hydrogens is 643 g/mol. The zero-order valence-electron chi connectivity index (χ0n) is 25.9. The molecule has 48 heavy (non-hydrogen) atoms. The van der Waals surface area contributed by atoms with Crippen LogP contribution >= 0.6 is 0 Å². The van der Waals surface area contributed by atoms with Gasteiger partial charge in [-0.25, -0.2) is 22.0 Å². The molecule has 1 aliphatic heterocycles. The molecule has 0 radical (unpaired) electrons. The lowest BCUT2D eigenvalue weighted by molar-refractivity contribution is -0.146. The van der Waals surface area contributed by atoms with Crippen LogP contribution in [0.2, 0.25) is 0 Å². The highest BCUT2D eigenvalue weighted by molar-refractivity contribution is 6.00. The van der Waals surface area contributed by atoms with Gasteiger partial charge in [0.05, 0.1) is 29.7 Å². The van der Waals surface area contributed by atoms with Crippen molar-refractivity contribution in [2.75, 3.05) is 7.05 Å².